The molecule has 0 spiro atoms. The van der Waals surface area contributed by atoms with Crippen molar-refractivity contribution in [3.05, 3.63) is 54.6 Å². The third-order valence-electron chi connectivity index (χ3n) is 5.11. The summed E-state index contributed by atoms with van der Waals surface area (Å²) >= 11 is 0. The molecule has 4 aromatic rings. The minimum atomic E-state index is -0.300. The summed E-state index contributed by atoms with van der Waals surface area (Å²) in [5, 5.41) is 18.2. The lowest BCUT2D eigenvalue weighted by atomic mass is 10.2. The molecule has 0 saturated heterocycles. The predicted octanol–water partition coefficient (Wildman–Crippen LogP) is 2.34. The van der Waals surface area contributed by atoms with E-state index in [0.717, 1.165) is 0 Å². The lowest BCUT2D eigenvalue weighted by Crippen LogP contribution is -2.32. The van der Waals surface area contributed by atoms with Crippen molar-refractivity contribution in [1.82, 2.24) is 25.1 Å². The summed E-state index contributed by atoms with van der Waals surface area (Å²) in [4.78, 5) is 23.1. The van der Waals surface area contributed by atoms with E-state index < -0.39 is 0 Å². The molecule has 0 saturated carbocycles. The largest absolute Gasteiger partial charge is 0.497 e. The maximum absolute atomic E-state index is 12.1. The molecule has 0 unspecified atom stereocenters. The second kappa shape index (κ2) is 11.7. The summed E-state index contributed by atoms with van der Waals surface area (Å²) in [6.07, 6.45) is 0. The highest BCUT2D eigenvalue weighted by Crippen LogP contribution is 2.32. The molecule has 0 atom stereocenters. The van der Waals surface area contributed by atoms with Gasteiger partial charge >= 0.3 is 0 Å². The number of anilines is 1. The van der Waals surface area contributed by atoms with Crippen molar-refractivity contribution in [3.8, 4) is 34.5 Å². The topological polar surface area (TPSA) is 138 Å². The van der Waals surface area contributed by atoms with Crippen molar-refractivity contribution in [3.63, 3.8) is 0 Å². The van der Waals surface area contributed by atoms with Gasteiger partial charge in [0.15, 0.2) is 18.1 Å². The number of nitrogens with one attached hydrogen (secondary N) is 2. The number of carbonyl (C=O) groups excluding carboxylic acids is 2. The Bertz CT molecular complexity index is 1390. The van der Waals surface area contributed by atoms with Crippen LogP contribution in [0.2, 0.25) is 0 Å². The number of hydrogen-bond acceptors (Lipinski definition) is 9. The van der Waals surface area contributed by atoms with Crippen LogP contribution in [0.1, 0.15) is 6.92 Å². The molecule has 2 N–H and O–H groups in total. The minimum absolute atomic E-state index is 0.155. The van der Waals surface area contributed by atoms with E-state index in [1.807, 2.05) is 6.07 Å². The SMILES string of the molecule is COc1ccc(-c2nnc3ccc(OCCNC(=O)COc4ccc(NC(C)=O)cc4)nn23)c(OC)c1. The van der Waals surface area contributed by atoms with Crippen LogP contribution in [-0.2, 0) is 9.59 Å². The first kappa shape index (κ1) is 25.2. The third-order valence-corrected chi connectivity index (χ3v) is 5.11. The molecule has 2 aromatic carbocycles. The highest BCUT2D eigenvalue weighted by Gasteiger charge is 2.16. The summed E-state index contributed by atoms with van der Waals surface area (Å²) < 4.78 is 23.4. The van der Waals surface area contributed by atoms with Gasteiger partial charge in [0.2, 0.25) is 11.8 Å². The Morgan fingerprint density at radius 1 is 0.919 bits per heavy atom. The van der Waals surface area contributed by atoms with Crippen molar-refractivity contribution in [2.45, 2.75) is 6.92 Å². The first-order valence-electron chi connectivity index (χ1n) is 11.3. The molecular formula is C25H26N6O6. The summed E-state index contributed by atoms with van der Waals surface area (Å²) in [6, 6.07) is 15.5. The molecule has 12 nitrogen and oxygen atoms in total. The van der Waals surface area contributed by atoms with Crippen LogP contribution in [0.5, 0.6) is 23.1 Å². The van der Waals surface area contributed by atoms with Crippen molar-refractivity contribution in [2.75, 3.05) is 39.3 Å². The molecule has 0 aliphatic rings. The zero-order valence-corrected chi connectivity index (χ0v) is 20.6. The molecule has 0 fully saturated rings. The van der Waals surface area contributed by atoms with E-state index >= 15 is 0 Å². The van der Waals surface area contributed by atoms with E-state index in [1.165, 1.54) is 6.92 Å². The van der Waals surface area contributed by atoms with Gasteiger partial charge < -0.3 is 29.6 Å². The average Bonchev–Trinajstić information content (AvgIpc) is 3.33. The number of nitrogens with zero attached hydrogens (tertiary/aromatic N) is 4. The van der Waals surface area contributed by atoms with Crippen LogP contribution in [0, 0.1) is 0 Å². The van der Waals surface area contributed by atoms with Crippen LogP contribution in [0.3, 0.4) is 0 Å². The number of methoxy groups -OCH3 is 2. The number of rotatable bonds is 11. The quantitative estimate of drug-likeness (QED) is 0.294. The maximum atomic E-state index is 12.1. The van der Waals surface area contributed by atoms with E-state index in [-0.39, 0.29) is 31.6 Å². The van der Waals surface area contributed by atoms with Gasteiger partial charge in [0.25, 0.3) is 5.91 Å². The Morgan fingerprint density at radius 3 is 2.43 bits per heavy atom. The number of carbonyl (C=O) groups is 2. The Labute approximate surface area is 212 Å². The fraction of sp³-hybridized carbons (Fsp3) is 0.240. The molecule has 2 aromatic heterocycles. The highest BCUT2D eigenvalue weighted by molar-refractivity contribution is 5.88. The summed E-state index contributed by atoms with van der Waals surface area (Å²) in [6.45, 7) is 1.72. The van der Waals surface area contributed by atoms with Gasteiger partial charge in [0.1, 0.15) is 23.9 Å². The van der Waals surface area contributed by atoms with Gasteiger partial charge in [-0.1, -0.05) is 0 Å². The summed E-state index contributed by atoms with van der Waals surface area (Å²) in [5.74, 6) is 2.09. The molecular weight excluding hydrogens is 480 g/mol. The fourth-order valence-electron chi connectivity index (χ4n) is 3.38. The Balaban J connectivity index is 1.29. The molecule has 0 bridgehead atoms. The van der Waals surface area contributed by atoms with E-state index in [2.05, 4.69) is 25.9 Å². The molecule has 0 aliphatic heterocycles. The van der Waals surface area contributed by atoms with Gasteiger partial charge in [-0.3, -0.25) is 9.59 Å². The number of benzene rings is 2. The molecule has 0 radical (unpaired) electrons. The molecule has 0 aliphatic carbocycles. The number of ether oxygens (including phenoxy) is 4. The Morgan fingerprint density at radius 2 is 1.70 bits per heavy atom. The van der Waals surface area contributed by atoms with E-state index in [4.69, 9.17) is 18.9 Å². The van der Waals surface area contributed by atoms with Crippen LogP contribution in [0.25, 0.3) is 17.0 Å². The predicted molar refractivity (Wildman–Crippen MR) is 134 cm³/mol. The van der Waals surface area contributed by atoms with E-state index in [9.17, 15) is 9.59 Å². The van der Waals surface area contributed by atoms with Gasteiger partial charge in [0, 0.05) is 24.7 Å². The Kier molecular flexibility index (Phi) is 7.98. The second-order valence-corrected chi connectivity index (χ2v) is 7.72. The van der Waals surface area contributed by atoms with Gasteiger partial charge in [-0.05, 0) is 42.5 Å². The van der Waals surface area contributed by atoms with Crippen molar-refractivity contribution in [2.24, 2.45) is 0 Å². The molecule has 2 heterocycles. The average molecular weight is 507 g/mol. The Hall–Kier alpha value is -4.87. The monoisotopic (exact) mass is 506 g/mol. The summed E-state index contributed by atoms with van der Waals surface area (Å²) in [7, 11) is 3.14. The molecule has 37 heavy (non-hydrogen) atoms. The zero-order valence-electron chi connectivity index (χ0n) is 20.6. The van der Waals surface area contributed by atoms with Crippen molar-refractivity contribution >= 4 is 23.1 Å². The van der Waals surface area contributed by atoms with Crippen LogP contribution >= 0.6 is 0 Å². The molecule has 192 valence electrons. The summed E-state index contributed by atoms with van der Waals surface area (Å²) in [5.41, 5.74) is 1.88. The first-order chi connectivity index (χ1) is 18.0. The number of amides is 2. The van der Waals surface area contributed by atoms with Gasteiger partial charge in [-0.25, -0.2) is 0 Å². The van der Waals surface area contributed by atoms with Crippen LogP contribution < -0.4 is 29.6 Å². The fourth-order valence-corrected chi connectivity index (χ4v) is 3.38. The second-order valence-electron chi connectivity index (χ2n) is 7.72. The normalized spacial score (nSPS) is 10.6. The standard InChI is InChI=1S/C25H26N6O6/c1-16(32)27-17-4-6-18(7-5-17)37-15-23(33)26-12-13-36-24-11-10-22-28-29-25(31(22)30-24)20-9-8-19(34-2)14-21(20)35-3/h4-11,14H,12-13,15H2,1-3H3,(H,26,33)(H,27,32). The van der Waals surface area contributed by atoms with Crippen molar-refractivity contribution in [1.29, 1.82) is 0 Å². The van der Waals surface area contributed by atoms with Gasteiger partial charge in [-0.2, -0.15) is 4.52 Å². The zero-order chi connectivity index (χ0) is 26.2. The first-order valence-corrected chi connectivity index (χ1v) is 11.3. The number of aromatic nitrogens is 4. The third kappa shape index (κ3) is 6.42. The van der Waals surface area contributed by atoms with Gasteiger partial charge in [0.05, 0.1) is 26.3 Å². The maximum Gasteiger partial charge on any atom is 0.258 e. The van der Waals surface area contributed by atoms with Crippen LogP contribution in [0.4, 0.5) is 5.69 Å². The van der Waals surface area contributed by atoms with E-state index in [0.29, 0.717) is 45.9 Å². The van der Waals surface area contributed by atoms with Crippen LogP contribution in [-0.4, -0.2) is 65.6 Å². The van der Waals surface area contributed by atoms with E-state index in [1.54, 1.807) is 67.3 Å². The minimum Gasteiger partial charge on any atom is -0.497 e. The van der Waals surface area contributed by atoms with Gasteiger partial charge in [-0.15, -0.1) is 15.3 Å². The lowest BCUT2D eigenvalue weighted by Gasteiger charge is -2.10. The molecule has 12 heteroatoms. The van der Waals surface area contributed by atoms with Crippen LogP contribution in [0.15, 0.2) is 54.6 Å². The lowest BCUT2D eigenvalue weighted by molar-refractivity contribution is -0.123. The highest BCUT2D eigenvalue weighted by atomic mass is 16.5. The molecule has 2 amide bonds. The molecule has 4 rings (SSSR count). The number of fused-ring (bicyclic) bond motifs is 1. The smallest absolute Gasteiger partial charge is 0.258 e. The number of hydrogen-bond donors (Lipinski definition) is 2. The van der Waals surface area contributed by atoms with Crippen molar-refractivity contribution < 1.29 is 28.5 Å².